The lowest BCUT2D eigenvalue weighted by Gasteiger charge is -2.15. The highest BCUT2D eigenvalue weighted by Crippen LogP contribution is 2.22. The van der Waals surface area contributed by atoms with Crippen LogP contribution >= 0.6 is 0 Å². The van der Waals surface area contributed by atoms with Gasteiger partial charge in [0.2, 0.25) is 5.91 Å². The number of carbonyl (C=O) groups excluding carboxylic acids is 1. The smallest absolute Gasteiger partial charge is 0.325 e. The van der Waals surface area contributed by atoms with E-state index in [2.05, 4.69) is 5.32 Å². The molecule has 0 saturated heterocycles. The third-order valence-electron chi connectivity index (χ3n) is 3.04. The van der Waals surface area contributed by atoms with Gasteiger partial charge in [0, 0.05) is 6.42 Å². The summed E-state index contributed by atoms with van der Waals surface area (Å²) in [5.41, 5.74) is 1.04. The first-order chi connectivity index (χ1) is 9.43. The Labute approximate surface area is 118 Å². The van der Waals surface area contributed by atoms with Crippen molar-refractivity contribution in [3.63, 3.8) is 0 Å². The van der Waals surface area contributed by atoms with Crippen molar-refractivity contribution >= 4 is 11.9 Å². The monoisotopic (exact) mass is 279 g/mol. The van der Waals surface area contributed by atoms with Crippen LogP contribution in [0.5, 0.6) is 5.75 Å². The summed E-state index contributed by atoms with van der Waals surface area (Å²) in [6.45, 7) is 3.41. The van der Waals surface area contributed by atoms with Gasteiger partial charge in [-0.2, -0.15) is 0 Å². The van der Waals surface area contributed by atoms with Crippen LogP contribution in [-0.4, -0.2) is 30.1 Å². The maximum atomic E-state index is 11.7. The number of hydrogen-bond acceptors (Lipinski definition) is 3. The number of methoxy groups -OCH3 is 1. The highest BCUT2D eigenvalue weighted by atomic mass is 16.5. The van der Waals surface area contributed by atoms with Gasteiger partial charge in [0.15, 0.2) is 0 Å². The van der Waals surface area contributed by atoms with Crippen molar-refractivity contribution in [2.75, 3.05) is 7.11 Å². The molecule has 110 valence electrons. The van der Waals surface area contributed by atoms with Gasteiger partial charge in [-0.25, -0.2) is 0 Å². The van der Waals surface area contributed by atoms with Crippen LogP contribution < -0.4 is 10.1 Å². The van der Waals surface area contributed by atoms with Crippen LogP contribution in [0.15, 0.2) is 24.3 Å². The molecule has 0 aliphatic heterocycles. The summed E-state index contributed by atoms with van der Waals surface area (Å²) in [6.07, 6.45) is 0.995. The van der Waals surface area contributed by atoms with E-state index < -0.39 is 12.0 Å². The Morgan fingerprint density at radius 3 is 2.55 bits per heavy atom. The first-order valence-electron chi connectivity index (χ1n) is 6.58. The Balaban J connectivity index is 2.53. The van der Waals surface area contributed by atoms with Crippen LogP contribution in [0.1, 0.15) is 25.8 Å². The molecule has 0 spiro atoms. The number of carboxylic acids is 1. The van der Waals surface area contributed by atoms with Crippen LogP contribution in [-0.2, 0) is 16.0 Å². The fourth-order valence-electron chi connectivity index (χ4n) is 2.00. The standard InChI is InChI=1S/C15H21NO4/c1-10(9-14(17)16-11(2)15(18)19)8-12-6-4-5-7-13(12)20-3/h4-7,10-11H,8-9H2,1-3H3,(H,16,17)(H,18,19)/t10?,11-/m0/s1. The highest BCUT2D eigenvalue weighted by molar-refractivity contribution is 5.83. The van der Waals surface area contributed by atoms with Crippen molar-refractivity contribution in [2.45, 2.75) is 32.7 Å². The molecule has 1 aromatic carbocycles. The van der Waals surface area contributed by atoms with E-state index in [-0.39, 0.29) is 18.2 Å². The van der Waals surface area contributed by atoms with E-state index in [1.165, 1.54) is 6.92 Å². The van der Waals surface area contributed by atoms with Gasteiger partial charge in [-0.15, -0.1) is 0 Å². The first-order valence-corrected chi connectivity index (χ1v) is 6.58. The van der Waals surface area contributed by atoms with Gasteiger partial charge < -0.3 is 15.2 Å². The molecular weight excluding hydrogens is 258 g/mol. The molecular formula is C15H21NO4. The van der Waals surface area contributed by atoms with Gasteiger partial charge in [0.1, 0.15) is 11.8 Å². The molecule has 0 aliphatic carbocycles. The van der Waals surface area contributed by atoms with Crippen LogP contribution in [0.2, 0.25) is 0 Å². The molecule has 0 saturated carbocycles. The Hall–Kier alpha value is -2.04. The fraction of sp³-hybridized carbons (Fsp3) is 0.467. The number of ether oxygens (including phenoxy) is 1. The zero-order valence-electron chi connectivity index (χ0n) is 12.1. The summed E-state index contributed by atoms with van der Waals surface area (Å²) in [7, 11) is 1.62. The van der Waals surface area contributed by atoms with Crippen LogP contribution in [0, 0.1) is 5.92 Å². The highest BCUT2D eigenvalue weighted by Gasteiger charge is 2.17. The molecule has 5 heteroatoms. The lowest BCUT2D eigenvalue weighted by molar-refractivity contribution is -0.141. The summed E-state index contributed by atoms with van der Waals surface area (Å²) in [4.78, 5) is 22.4. The number of hydrogen-bond donors (Lipinski definition) is 2. The lowest BCUT2D eigenvalue weighted by Crippen LogP contribution is -2.39. The SMILES string of the molecule is COc1ccccc1CC(C)CC(=O)N[C@@H](C)C(=O)O. The fourth-order valence-corrected chi connectivity index (χ4v) is 2.00. The van der Waals surface area contributed by atoms with Gasteiger partial charge in [-0.3, -0.25) is 9.59 Å². The van der Waals surface area contributed by atoms with Gasteiger partial charge in [0.05, 0.1) is 7.11 Å². The molecule has 1 unspecified atom stereocenters. The third kappa shape index (κ3) is 4.91. The van der Waals surface area contributed by atoms with Crippen molar-refractivity contribution < 1.29 is 19.4 Å². The lowest BCUT2D eigenvalue weighted by atomic mass is 9.97. The van der Waals surface area contributed by atoms with Crippen molar-refractivity contribution in [1.29, 1.82) is 0 Å². The molecule has 1 rings (SSSR count). The minimum atomic E-state index is -1.03. The van der Waals surface area contributed by atoms with E-state index in [1.807, 2.05) is 31.2 Å². The molecule has 0 aliphatic rings. The molecule has 1 aromatic rings. The largest absolute Gasteiger partial charge is 0.496 e. The van der Waals surface area contributed by atoms with E-state index in [0.29, 0.717) is 6.42 Å². The second-order valence-corrected chi connectivity index (χ2v) is 4.95. The van der Waals surface area contributed by atoms with Crippen LogP contribution in [0.3, 0.4) is 0 Å². The summed E-state index contributed by atoms with van der Waals surface area (Å²) in [6, 6.07) is 6.81. The predicted octanol–water partition coefficient (Wildman–Crippen LogP) is 1.85. The topological polar surface area (TPSA) is 75.6 Å². The van der Waals surface area contributed by atoms with Crippen molar-refractivity contribution in [1.82, 2.24) is 5.32 Å². The quantitative estimate of drug-likeness (QED) is 0.798. The molecule has 2 N–H and O–H groups in total. The molecule has 0 fully saturated rings. The molecule has 0 radical (unpaired) electrons. The second kappa shape index (κ2) is 7.53. The summed E-state index contributed by atoms with van der Waals surface area (Å²) in [5.74, 6) is -0.371. The number of carbonyl (C=O) groups is 2. The average Bonchev–Trinajstić information content (AvgIpc) is 2.38. The molecule has 0 heterocycles. The number of carboxylic acid groups (broad SMARTS) is 1. The molecule has 0 aromatic heterocycles. The van der Waals surface area contributed by atoms with Crippen molar-refractivity contribution in [3.8, 4) is 5.75 Å². The van der Waals surface area contributed by atoms with Gasteiger partial charge in [-0.1, -0.05) is 25.1 Å². The van der Waals surface area contributed by atoms with Crippen molar-refractivity contribution in [3.05, 3.63) is 29.8 Å². The predicted molar refractivity (Wildman–Crippen MR) is 75.7 cm³/mol. The van der Waals surface area contributed by atoms with Crippen molar-refractivity contribution in [2.24, 2.45) is 5.92 Å². The number of rotatable bonds is 7. The Kier molecular flexibility index (Phi) is 6.03. The number of nitrogens with one attached hydrogen (secondary N) is 1. The van der Waals surface area contributed by atoms with Gasteiger partial charge >= 0.3 is 5.97 Å². The maximum absolute atomic E-state index is 11.7. The maximum Gasteiger partial charge on any atom is 0.325 e. The number of benzene rings is 1. The van der Waals surface area contributed by atoms with Gasteiger partial charge in [-0.05, 0) is 30.9 Å². The van der Waals surface area contributed by atoms with E-state index in [9.17, 15) is 9.59 Å². The summed E-state index contributed by atoms with van der Waals surface area (Å²) >= 11 is 0. The first kappa shape index (κ1) is 16.0. The minimum absolute atomic E-state index is 0.104. The van der Waals surface area contributed by atoms with Gasteiger partial charge in [0.25, 0.3) is 0 Å². The van der Waals surface area contributed by atoms with Crippen LogP contribution in [0.4, 0.5) is 0 Å². The zero-order chi connectivity index (χ0) is 15.1. The van der Waals surface area contributed by atoms with E-state index in [4.69, 9.17) is 9.84 Å². The Morgan fingerprint density at radius 2 is 1.95 bits per heavy atom. The zero-order valence-corrected chi connectivity index (χ0v) is 12.1. The minimum Gasteiger partial charge on any atom is -0.496 e. The molecule has 5 nitrogen and oxygen atoms in total. The number of amides is 1. The number of aliphatic carboxylic acids is 1. The average molecular weight is 279 g/mol. The van der Waals surface area contributed by atoms with E-state index in [1.54, 1.807) is 7.11 Å². The normalized spacial score (nSPS) is 13.3. The summed E-state index contributed by atoms with van der Waals surface area (Å²) < 4.78 is 5.27. The molecule has 0 bridgehead atoms. The molecule has 20 heavy (non-hydrogen) atoms. The molecule has 1 amide bonds. The Bertz CT molecular complexity index is 473. The Morgan fingerprint density at radius 1 is 1.30 bits per heavy atom. The molecule has 2 atom stereocenters. The summed E-state index contributed by atoms with van der Waals surface area (Å²) in [5, 5.41) is 11.2. The van der Waals surface area contributed by atoms with E-state index in [0.717, 1.165) is 11.3 Å². The third-order valence-corrected chi connectivity index (χ3v) is 3.04. The second-order valence-electron chi connectivity index (χ2n) is 4.95. The number of para-hydroxylation sites is 1. The van der Waals surface area contributed by atoms with E-state index >= 15 is 0 Å². The van der Waals surface area contributed by atoms with Crippen LogP contribution in [0.25, 0.3) is 0 Å².